The van der Waals surface area contributed by atoms with E-state index in [1.165, 1.54) is 16.8 Å². The van der Waals surface area contributed by atoms with Crippen LogP contribution >= 0.6 is 0 Å². The molecule has 5 heteroatoms. The number of nitrogens with zero attached hydrogens (tertiary/aromatic N) is 1. The van der Waals surface area contributed by atoms with Crippen LogP contribution in [0.5, 0.6) is 5.95 Å². The van der Waals surface area contributed by atoms with E-state index in [2.05, 4.69) is 9.52 Å². The maximum atomic E-state index is 10.5. The Labute approximate surface area is 54.5 Å². The Morgan fingerprint density at radius 1 is 1.70 bits per heavy atom. The molecule has 0 fully saturated rings. The molecule has 5 nitrogen and oxygen atoms in total. The summed E-state index contributed by atoms with van der Waals surface area (Å²) in [6.45, 7) is 0. The molecule has 2 N–H and O–H groups in total. The average Bonchev–Trinajstić information content (AvgIpc) is 2.21. The zero-order valence-corrected chi connectivity index (χ0v) is 4.87. The normalized spacial score (nSPS) is 10.8. The van der Waals surface area contributed by atoms with Gasteiger partial charge in [-0.05, 0) is 0 Å². The van der Waals surface area contributed by atoms with Gasteiger partial charge in [0.2, 0.25) is 5.71 Å². The molecule has 0 aliphatic carbocycles. The Balaban J connectivity index is 2.95. The molecule has 0 aliphatic rings. The van der Waals surface area contributed by atoms with Crippen LogP contribution in [0.2, 0.25) is 0 Å². The van der Waals surface area contributed by atoms with Gasteiger partial charge >= 0.3 is 5.95 Å². The summed E-state index contributed by atoms with van der Waals surface area (Å²) in [5.41, 5.74) is 0.0567. The smallest absolute Gasteiger partial charge is 0.302 e. The summed E-state index contributed by atoms with van der Waals surface area (Å²) in [4.78, 5) is 10.5. The summed E-state index contributed by atoms with van der Waals surface area (Å²) in [6.07, 6.45) is 1.27. The zero-order valence-electron chi connectivity index (χ0n) is 4.87. The summed E-state index contributed by atoms with van der Waals surface area (Å²) < 4.78 is 5.98. The molecule has 0 amide bonds. The number of H-pyrrole nitrogens is 1. The van der Waals surface area contributed by atoms with Crippen LogP contribution in [-0.4, -0.2) is 14.7 Å². The largest absolute Gasteiger partial charge is 0.480 e. The molecule has 0 aromatic carbocycles. The number of rotatable bonds is 0. The summed E-state index contributed by atoms with van der Waals surface area (Å²) in [5.74, 6) is -0.216. The maximum Gasteiger partial charge on any atom is 0.302 e. The predicted octanol–water partition coefficient (Wildman–Crippen LogP) is -0.0738. The predicted molar refractivity (Wildman–Crippen MR) is 31.9 cm³/mol. The molecule has 2 heterocycles. The van der Waals surface area contributed by atoms with Gasteiger partial charge in [-0.15, -0.1) is 0 Å². The van der Waals surface area contributed by atoms with Crippen molar-refractivity contribution in [3.8, 4) is 5.95 Å². The van der Waals surface area contributed by atoms with Crippen molar-refractivity contribution >= 4 is 5.71 Å². The van der Waals surface area contributed by atoms with Crippen molar-refractivity contribution in [2.45, 2.75) is 0 Å². The Hall–Kier alpha value is -1.65. The molecule has 0 atom stereocenters. The second kappa shape index (κ2) is 1.44. The topological polar surface area (TPSA) is 70.6 Å². The first-order valence-electron chi connectivity index (χ1n) is 2.66. The van der Waals surface area contributed by atoms with E-state index in [1.807, 2.05) is 0 Å². The van der Waals surface area contributed by atoms with E-state index < -0.39 is 0 Å². The molecule has 0 spiro atoms. The van der Waals surface area contributed by atoms with Crippen LogP contribution in [0.4, 0.5) is 0 Å². The Bertz CT molecular complexity index is 373. The first kappa shape index (κ1) is 5.16. The van der Waals surface area contributed by atoms with E-state index in [0.29, 0.717) is 5.71 Å². The van der Waals surface area contributed by atoms with Crippen molar-refractivity contribution in [1.82, 2.24) is 9.61 Å². The summed E-state index contributed by atoms with van der Waals surface area (Å²) in [7, 11) is 0. The second-order valence-electron chi connectivity index (χ2n) is 1.90. The van der Waals surface area contributed by atoms with Crippen molar-refractivity contribution in [2.24, 2.45) is 0 Å². The van der Waals surface area contributed by atoms with Crippen molar-refractivity contribution in [3.63, 3.8) is 0 Å². The lowest BCUT2D eigenvalue weighted by atomic mass is 10.7. The minimum atomic E-state index is -0.251. The molecule has 0 unspecified atom stereocenters. The van der Waals surface area contributed by atoms with Crippen LogP contribution < -0.4 is 5.56 Å². The highest BCUT2D eigenvalue weighted by Crippen LogP contribution is 2.11. The Morgan fingerprint density at radius 3 is 3.20 bits per heavy atom. The minimum absolute atomic E-state index is 0.216. The number of aromatic nitrogens is 2. The fourth-order valence-corrected chi connectivity index (χ4v) is 0.806. The third-order valence-electron chi connectivity index (χ3n) is 1.17. The van der Waals surface area contributed by atoms with E-state index >= 15 is 0 Å². The monoisotopic (exact) mass is 140 g/mol. The first-order valence-corrected chi connectivity index (χ1v) is 2.66. The highest BCUT2D eigenvalue weighted by atomic mass is 16.5. The lowest BCUT2D eigenvalue weighted by Crippen LogP contribution is -1.97. The Morgan fingerprint density at radius 2 is 2.50 bits per heavy atom. The highest BCUT2D eigenvalue weighted by molar-refractivity contribution is 5.33. The first-order chi connectivity index (χ1) is 4.75. The fraction of sp³-hybridized carbons (Fsp3) is 0. The third-order valence-corrected chi connectivity index (χ3v) is 1.17. The van der Waals surface area contributed by atoms with Crippen LogP contribution in [0.3, 0.4) is 0 Å². The Kier molecular flexibility index (Phi) is 0.743. The number of nitrogens with one attached hydrogen (secondary N) is 1. The minimum Gasteiger partial charge on any atom is -0.480 e. The van der Waals surface area contributed by atoms with Crippen molar-refractivity contribution in [2.75, 3.05) is 0 Å². The van der Waals surface area contributed by atoms with Crippen molar-refractivity contribution in [3.05, 3.63) is 22.6 Å². The highest BCUT2D eigenvalue weighted by Gasteiger charge is 2.01. The van der Waals surface area contributed by atoms with Gasteiger partial charge in [-0.3, -0.25) is 9.89 Å². The zero-order chi connectivity index (χ0) is 7.14. The summed E-state index contributed by atoms with van der Waals surface area (Å²) in [5, 5.41) is 11.1. The molecule has 0 saturated carbocycles. The molecule has 10 heavy (non-hydrogen) atoms. The van der Waals surface area contributed by atoms with Crippen LogP contribution in [-0.2, 0) is 0 Å². The lowest BCUT2D eigenvalue weighted by Gasteiger charge is -1.72. The number of aromatic amines is 1. The number of aromatic hydroxyl groups is 1. The average molecular weight is 140 g/mol. The van der Waals surface area contributed by atoms with E-state index in [-0.39, 0.29) is 11.5 Å². The number of hydrogen-bond donors (Lipinski definition) is 2. The molecule has 2 rings (SSSR count). The number of fused-ring (bicyclic) bond motifs is 1. The van der Waals surface area contributed by atoms with Crippen molar-refractivity contribution in [1.29, 1.82) is 0 Å². The molecular weight excluding hydrogens is 136 g/mol. The van der Waals surface area contributed by atoms with Crippen LogP contribution in [0, 0.1) is 0 Å². The summed E-state index contributed by atoms with van der Waals surface area (Å²) >= 11 is 0. The SMILES string of the molecule is O=c1cc2oc(O)cn2[nH]1. The van der Waals surface area contributed by atoms with E-state index in [1.54, 1.807) is 0 Å². The van der Waals surface area contributed by atoms with Gasteiger partial charge in [0.05, 0.1) is 6.07 Å². The summed E-state index contributed by atoms with van der Waals surface area (Å²) in [6, 6.07) is 1.25. The van der Waals surface area contributed by atoms with Crippen LogP contribution in [0.25, 0.3) is 5.71 Å². The molecular formula is C5H4N2O3. The molecule has 0 radical (unpaired) electrons. The maximum absolute atomic E-state index is 10.5. The number of oxazole rings is 1. The van der Waals surface area contributed by atoms with E-state index in [0.717, 1.165) is 0 Å². The third kappa shape index (κ3) is 0.540. The van der Waals surface area contributed by atoms with Gasteiger partial charge in [-0.1, -0.05) is 0 Å². The van der Waals surface area contributed by atoms with Crippen LogP contribution in [0.15, 0.2) is 21.5 Å². The second-order valence-corrected chi connectivity index (χ2v) is 1.90. The van der Waals surface area contributed by atoms with Gasteiger partial charge in [0.1, 0.15) is 6.20 Å². The standard InChI is InChI=1S/C5H4N2O3/c8-3-1-4-7(6-3)2-5(9)10-4/h1-2,9H,(H,6,8). The van der Waals surface area contributed by atoms with E-state index in [9.17, 15) is 4.79 Å². The molecule has 0 bridgehead atoms. The fourth-order valence-electron chi connectivity index (χ4n) is 0.806. The molecule has 0 aliphatic heterocycles. The van der Waals surface area contributed by atoms with Gasteiger partial charge < -0.3 is 9.52 Å². The molecule has 2 aromatic rings. The molecule has 2 aromatic heterocycles. The van der Waals surface area contributed by atoms with Gasteiger partial charge in [-0.25, -0.2) is 4.52 Å². The van der Waals surface area contributed by atoms with Gasteiger partial charge in [0.15, 0.2) is 0 Å². The quantitative estimate of drug-likeness (QED) is 0.537. The molecule has 0 saturated heterocycles. The van der Waals surface area contributed by atoms with Gasteiger partial charge in [0.25, 0.3) is 5.56 Å². The van der Waals surface area contributed by atoms with Gasteiger partial charge in [-0.2, -0.15) is 0 Å². The van der Waals surface area contributed by atoms with Crippen molar-refractivity contribution < 1.29 is 9.52 Å². The molecule has 52 valence electrons. The van der Waals surface area contributed by atoms with Gasteiger partial charge in [0, 0.05) is 0 Å². The van der Waals surface area contributed by atoms with Crippen LogP contribution in [0.1, 0.15) is 0 Å². The van der Waals surface area contributed by atoms with E-state index in [4.69, 9.17) is 5.11 Å². The number of hydrogen-bond acceptors (Lipinski definition) is 3. The lowest BCUT2D eigenvalue weighted by molar-refractivity contribution is 0.346.